The van der Waals surface area contributed by atoms with Crippen molar-refractivity contribution in [2.24, 2.45) is 5.92 Å². The lowest BCUT2D eigenvalue weighted by molar-refractivity contribution is 0.538. The Bertz CT molecular complexity index is 61.7. The number of rotatable bonds is 5. The minimum absolute atomic E-state index is 0.257. The molecular weight excluding hydrogens is 146 g/mol. The van der Waals surface area contributed by atoms with Crippen LogP contribution in [0.15, 0.2) is 0 Å². The molecule has 0 aromatic carbocycles. The minimum atomic E-state index is 0.257. The Hall–Kier alpha value is 0.250. The second kappa shape index (κ2) is 5.99. The second-order valence-electron chi connectivity index (χ2n) is 3.17. The van der Waals surface area contributed by atoms with Crippen LogP contribution in [0.5, 0.6) is 0 Å². The summed E-state index contributed by atoms with van der Waals surface area (Å²) in [6.45, 7) is 8.48. The molecule has 2 heteroatoms. The van der Waals surface area contributed by atoms with E-state index < -0.39 is 0 Å². The molecule has 62 valence electrons. The molecule has 0 aliphatic heterocycles. The van der Waals surface area contributed by atoms with Crippen LogP contribution in [0.4, 0.5) is 0 Å². The lowest BCUT2D eigenvalue weighted by atomic mass is 10.1. The molecule has 0 spiro atoms. The van der Waals surface area contributed by atoms with E-state index in [1.165, 1.54) is 6.42 Å². The van der Waals surface area contributed by atoms with Gasteiger partial charge in [0.05, 0.1) is 0 Å². The van der Waals surface area contributed by atoms with Gasteiger partial charge in [0.15, 0.2) is 0 Å². The van der Waals surface area contributed by atoms with E-state index in [9.17, 15) is 0 Å². The van der Waals surface area contributed by atoms with E-state index in [4.69, 9.17) is 11.6 Å². The van der Waals surface area contributed by atoms with E-state index in [0.29, 0.717) is 0 Å². The van der Waals surface area contributed by atoms with Gasteiger partial charge < -0.3 is 5.32 Å². The number of hydrogen-bond acceptors (Lipinski definition) is 1. The SMILES string of the molecule is CC(C)CCNCC(C)Cl. The van der Waals surface area contributed by atoms with Gasteiger partial charge in [0.2, 0.25) is 0 Å². The van der Waals surface area contributed by atoms with Gasteiger partial charge in [-0.2, -0.15) is 0 Å². The Balaban J connectivity index is 2.91. The van der Waals surface area contributed by atoms with Crippen molar-refractivity contribution in [3.8, 4) is 0 Å². The Labute approximate surface area is 69.1 Å². The first-order chi connectivity index (χ1) is 4.63. The zero-order chi connectivity index (χ0) is 7.98. The molecule has 0 aliphatic rings. The predicted molar refractivity (Wildman–Crippen MR) is 47.6 cm³/mol. The number of hydrogen-bond donors (Lipinski definition) is 1. The maximum absolute atomic E-state index is 5.73. The summed E-state index contributed by atoms with van der Waals surface area (Å²) in [7, 11) is 0. The fourth-order valence-electron chi connectivity index (χ4n) is 0.692. The van der Waals surface area contributed by atoms with Crippen molar-refractivity contribution in [3.63, 3.8) is 0 Å². The van der Waals surface area contributed by atoms with E-state index in [2.05, 4.69) is 19.2 Å². The van der Waals surface area contributed by atoms with Crippen molar-refractivity contribution < 1.29 is 0 Å². The van der Waals surface area contributed by atoms with Crippen LogP contribution in [-0.2, 0) is 0 Å². The van der Waals surface area contributed by atoms with E-state index in [-0.39, 0.29) is 5.38 Å². The highest BCUT2D eigenvalue weighted by atomic mass is 35.5. The van der Waals surface area contributed by atoms with Crippen molar-refractivity contribution in [1.82, 2.24) is 5.32 Å². The van der Waals surface area contributed by atoms with Crippen molar-refractivity contribution >= 4 is 11.6 Å². The van der Waals surface area contributed by atoms with Crippen LogP contribution in [0, 0.1) is 5.92 Å². The molecule has 0 saturated heterocycles. The van der Waals surface area contributed by atoms with Crippen LogP contribution in [-0.4, -0.2) is 18.5 Å². The van der Waals surface area contributed by atoms with Gasteiger partial charge in [0.25, 0.3) is 0 Å². The van der Waals surface area contributed by atoms with Gasteiger partial charge in [-0.1, -0.05) is 13.8 Å². The maximum Gasteiger partial charge on any atom is 0.0432 e. The van der Waals surface area contributed by atoms with Gasteiger partial charge in [0, 0.05) is 11.9 Å². The van der Waals surface area contributed by atoms with Gasteiger partial charge in [-0.25, -0.2) is 0 Å². The van der Waals surface area contributed by atoms with Crippen LogP contribution in [0.25, 0.3) is 0 Å². The highest BCUT2D eigenvalue weighted by Crippen LogP contribution is 1.96. The number of halogens is 1. The summed E-state index contributed by atoms with van der Waals surface area (Å²) in [6.07, 6.45) is 1.24. The Kier molecular flexibility index (Phi) is 6.14. The van der Waals surface area contributed by atoms with Gasteiger partial charge in [0.1, 0.15) is 0 Å². The molecule has 1 atom stereocenters. The molecule has 1 nitrogen and oxygen atoms in total. The van der Waals surface area contributed by atoms with Crippen LogP contribution in [0.1, 0.15) is 27.2 Å². The van der Waals surface area contributed by atoms with Gasteiger partial charge in [-0.15, -0.1) is 11.6 Å². The Morgan fingerprint density at radius 1 is 1.30 bits per heavy atom. The van der Waals surface area contributed by atoms with Crippen LogP contribution >= 0.6 is 11.6 Å². The van der Waals surface area contributed by atoms with E-state index in [0.717, 1.165) is 19.0 Å². The topological polar surface area (TPSA) is 12.0 Å². The highest BCUT2D eigenvalue weighted by molar-refractivity contribution is 6.20. The quantitative estimate of drug-likeness (QED) is 0.484. The summed E-state index contributed by atoms with van der Waals surface area (Å²) in [6, 6.07) is 0. The van der Waals surface area contributed by atoms with E-state index in [1.807, 2.05) is 6.92 Å². The van der Waals surface area contributed by atoms with Crippen LogP contribution in [0.3, 0.4) is 0 Å². The summed E-state index contributed by atoms with van der Waals surface area (Å²) >= 11 is 5.73. The third kappa shape index (κ3) is 8.25. The van der Waals surface area contributed by atoms with Crippen molar-refractivity contribution in [1.29, 1.82) is 0 Å². The summed E-state index contributed by atoms with van der Waals surface area (Å²) in [5.41, 5.74) is 0. The second-order valence-corrected chi connectivity index (χ2v) is 3.91. The zero-order valence-electron chi connectivity index (χ0n) is 7.15. The largest absolute Gasteiger partial charge is 0.315 e. The Morgan fingerprint density at radius 2 is 1.90 bits per heavy atom. The van der Waals surface area contributed by atoms with Gasteiger partial charge in [-0.05, 0) is 25.8 Å². The lowest BCUT2D eigenvalue weighted by Crippen LogP contribution is -2.23. The first kappa shape index (κ1) is 10.2. The Morgan fingerprint density at radius 3 is 2.30 bits per heavy atom. The fourth-order valence-corrected chi connectivity index (χ4v) is 0.801. The van der Waals surface area contributed by atoms with Crippen LogP contribution in [0.2, 0.25) is 0 Å². The molecule has 1 N–H and O–H groups in total. The molecule has 0 heterocycles. The summed E-state index contributed by atoms with van der Waals surface area (Å²) in [4.78, 5) is 0. The molecule has 0 aromatic heterocycles. The standard InChI is InChI=1S/C8H18ClN/c1-7(2)4-5-10-6-8(3)9/h7-8,10H,4-6H2,1-3H3. The molecule has 0 fully saturated rings. The van der Waals surface area contributed by atoms with Gasteiger partial charge in [-0.3, -0.25) is 0 Å². The first-order valence-electron chi connectivity index (χ1n) is 3.97. The molecule has 10 heavy (non-hydrogen) atoms. The molecule has 0 aliphatic carbocycles. The van der Waals surface area contributed by atoms with Crippen molar-refractivity contribution in [2.75, 3.05) is 13.1 Å². The molecule has 0 rings (SSSR count). The van der Waals surface area contributed by atoms with Crippen molar-refractivity contribution in [2.45, 2.75) is 32.6 Å². The normalized spacial score (nSPS) is 14.1. The molecular formula is C8H18ClN. The average molecular weight is 164 g/mol. The van der Waals surface area contributed by atoms with E-state index in [1.54, 1.807) is 0 Å². The molecule has 0 amide bonds. The molecule has 0 radical (unpaired) electrons. The third-order valence-electron chi connectivity index (χ3n) is 1.32. The fraction of sp³-hybridized carbons (Fsp3) is 1.00. The summed E-state index contributed by atoms with van der Waals surface area (Å²) in [5, 5.41) is 3.54. The molecule has 0 aromatic rings. The average Bonchev–Trinajstić information content (AvgIpc) is 1.79. The van der Waals surface area contributed by atoms with Gasteiger partial charge >= 0.3 is 0 Å². The maximum atomic E-state index is 5.73. The zero-order valence-corrected chi connectivity index (χ0v) is 7.91. The molecule has 0 bridgehead atoms. The summed E-state index contributed by atoms with van der Waals surface area (Å²) in [5.74, 6) is 0.790. The molecule has 0 saturated carbocycles. The number of alkyl halides is 1. The third-order valence-corrected chi connectivity index (χ3v) is 1.48. The lowest BCUT2D eigenvalue weighted by Gasteiger charge is -2.07. The summed E-state index contributed by atoms with van der Waals surface area (Å²) < 4.78 is 0. The smallest absolute Gasteiger partial charge is 0.0432 e. The molecule has 1 unspecified atom stereocenters. The predicted octanol–water partition coefficient (Wildman–Crippen LogP) is 2.25. The van der Waals surface area contributed by atoms with Crippen LogP contribution < -0.4 is 5.32 Å². The minimum Gasteiger partial charge on any atom is -0.315 e. The number of nitrogens with one attached hydrogen (secondary N) is 1. The highest BCUT2D eigenvalue weighted by Gasteiger charge is 1.95. The van der Waals surface area contributed by atoms with E-state index >= 15 is 0 Å². The van der Waals surface area contributed by atoms with Crippen molar-refractivity contribution in [3.05, 3.63) is 0 Å². The first-order valence-corrected chi connectivity index (χ1v) is 4.41. The monoisotopic (exact) mass is 163 g/mol.